The van der Waals surface area contributed by atoms with E-state index in [-0.39, 0.29) is 5.82 Å². The minimum absolute atomic E-state index is 0.288. The Balaban J connectivity index is 1.51. The third-order valence-electron chi connectivity index (χ3n) is 4.46. The van der Waals surface area contributed by atoms with Gasteiger partial charge in [0, 0.05) is 37.0 Å². The van der Waals surface area contributed by atoms with Gasteiger partial charge < -0.3 is 4.42 Å². The maximum atomic E-state index is 13.3. The minimum Gasteiger partial charge on any atom is -0.444 e. The SMILES string of the molecule is Cn1cc([C@H]2CCCN2Cc2coc(-c3cccc(F)c3)n2)cn1. The molecule has 0 N–H and O–H groups in total. The van der Waals surface area contributed by atoms with Gasteiger partial charge in [-0.25, -0.2) is 9.37 Å². The predicted octanol–water partition coefficient (Wildman–Crippen LogP) is 3.55. The fraction of sp³-hybridized carbons (Fsp3) is 0.333. The molecule has 3 heterocycles. The van der Waals surface area contributed by atoms with Gasteiger partial charge in [0.2, 0.25) is 5.89 Å². The van der Waals surface area contributed by atoms with Crippen LogP contribution in [0.15, 0.2) is 47.3 Å². The lowest BCUT2D eigenvalue weighted by Crippen LogP contribution is -2.22. The average molecular weight is 326 g/mol. The van der Waals surface area contributed by atoms with E-state index in [2.05, 4.69) is 21.2 Å². The summed E-state index contributed by atoms with van der Waals surface area (Å²) in [6.45, 7) is 1.75. The monoisotopic (exact) mass is 326 g/mol. The molecule has 24 heavy (non-hydrogen) atoms. The molecule has 124 valence electrons. The minimum atomic E-state index is -0.288. The first-order chi connectivity index (χ1) is 11.7. The highest BCUT2D eigenvalue weighted by Gasteiger charge is 2.27. The lowest BCUT2D eigenvalue weighted by atomic mass is 10.1. The number of aromatic nitrogens is 3. The van der Waals surface area contributed by atoms with E-state index < -0.39 is 0 Å². The van der Waals surface area contributed by atoms with Crippen molar-refractivity contribution in [3.8, 4) is 11.5 Å². The fourth-order valence-electron chi connectivity index (χ4n) is 3.35. The molecule has 5 nitrogen and oxygen atoms in total. The summed E-state index contributed by atoms with van der Waals surface area (Å²) in [6, 6.07) is 6.67. The molecule has 1 aromatic carbocycles. The Bertz CT molecular complexity index is 841. The zero-order chi connectivity index (χ0) is 16.5. The Morgan fingerprint density at radius 3 is 3.08 bits per heavy atom. The molecule has 1 saturated heterocycles. The Morgan fingerprint density at radius 1 is 1.38 bits per heavy atom. The molecule has 0 saturated carbocycles. The van der Waals surface area contributed by atoms with Crippen molar-refractivity contribution in [1.29, 1.82) is 0 Å². The zero-order valence-electron chi connectivity index (χ0n) is 13.5. The van der Waals surface area contributed by atoms with Crippen LogP contribution in [0, 0.1) is 5.82 Å². The van der Waals surface area contributed by atoms with E-state index in [1.807, 2.05) is 17.9 Å². The molecule has 2 aromatic heterocycles. The zero-order valence-corrected chi connectivity index (χ0v) is 13.5. The lowest BCUT2D eigenvalue weighted by molar-refractivity contribution is 0.245. The lowest BCUT2D eigenvalue weighted by Gasteiger charge is -2.22. The van der Waals surface area contributed by atoms with E-state index in [1.54, 1.807) is 18.4 Å². The summed E-state index contributed by atoms with van der Waals surface area (Å²) in [5, 5.41) is 4.28. The summed E-state index contributed by atoms with van der Waals surface area (Å²) in [4.78, 5) is 6.92. The van der Waals surface area contributed by atoms with Gasteiger partial charge in [0.05, 0.1) is 11.9 Å². The quantitative estimate of drug-likeness (QED) is 0.735. The molecular weight excluding hydrogens is 307 g/mol. The second-order valence-corrected chi connectivity index (χ2v) is 6.23. The van der Waals surface area contributed by atoms with Crippen LogP contribution in [0.25, 0.3) is 11.5 Å². The van der Waals surface area contributed by atoms with Crippen molar-refractivity contribution < 1.29 is 8.81 Å². The van der Waals surface area contributed by atoms with E-state index in [9.17, 15) is 4.39 Å². The largest absolute Gasteiger partial charge is 0.444 e. The molecule has 0 aliphatic carbocycles. The highest BCUT2D eigenvalue weighted by Crippen LogP contribution is 2.33. The van der Waals surface area contributed by atoms with E-state index in [1.165, 1.54) is 17.7 Å². The van der Waals surface area contributed by atoms with Crippen LogP contribution in [-0.4, -0.2) is 26.2 Å². The average Bonchev–Trinajstić information content (AvgIpc) is 3.28. The number of hydrogen-bond donors (Lipinski definition) is 0. The number of oxazole rings is 1. The van der Waals surface area contributed by atoms with Gasteiger partial charge in [-0.15, -0.1) is 0 Å². The van der Waals surface area contributed by atoms with E-state index in [0.717, 1.165) is 31.6 Å². The normalized spacial score (nSPS) is 18.3. The van der Waals surface area contributed by atoms with Crippen molar-refractivity contribution in [1.82, 2.24) is 19.7 Å². The van der Waals surface area contributed by atoms with Crippen molar-refractivity contribution in [3.63, 3.8) is 0 Å². The van der Waals surface area contributed by atoms with E-state index >= 15 is 0 Å². The van der Waals surface area contributed by atoms with Crippen LogP contribution in [0.4, 0.5) is 4.39 Å². The van der Waals surface area contributed by atoms with Crippen LogP contribution < -0.4 is 0 Å². The molecule has 1 aliphatic heterocycles. The van der Waals surface area contributed by atoms with Gasteiger partial charge in [0.15, 0.2) is 0 Å². The van der Waals surface area contributed by atoms with Gasteiger partial charge in [0.1, 0.15) is 12.1 Å². The number of likely N-dealkylation sites (tertiary alicyclic amines) is 1. The number of aryl methyl sites for hydroxylation is 1. The van der Waals surface area contributed by atoms with Gasteiger partial charge >= 0.3 is 0 Å². The first-order valence-electron chi connectivity index (χ1n) is 8.12. The maximum Gasteiger partial charge on any atom is 0.226 e. The predicted molar refractivity (Wildman–Crippen MR) is 87.5 cm³/mol. The van der Waals surface area contributed by atoms with Crippen LogP contribution in [0.1, 0.15) is 30.1 Å². The van der Waals surface area contributed by atoms with Crippen LogP contribution in [0.2, 0.25) is 0 Å². The molecule has 0 unspecified atom stereocenters. The molecule has 0 bridgehead atoms. The van der Waals surface area contributed by atoms with Crippen molar-refractivity contribution in [3.05, 3.63) is 60.0 Å². The molecular formula is C18H19FN4O. The molecule has 1 atom stereocenters. The Hall–Kier alpha value is -2.47. The summed E-state index contributed by atoms with van der Waals surface area (Å²) in [5.41, 5.74) is 2.76. The van der Waals surface area contributed by atoms with Gasteiger partial charge in [-0.3, -0.25) is 9.58 Å². The fourth-order valence-corrected chi connectivity index (χ4v) is 3.35. The third kappa shape index (κ3) is 2.97. The number of rotatable bonds is 4. The van der Waals surface area contributed by atoms with Crippen molar-refractivity contribution in [2.24, 2.45) is 7.05 Å². The topological polar surface area (TPSA) is 47.1 Å². The summed E-state index contributed by atoms with van der Waals surface area (Å²) in [6.07, 6.45) is 7.96. The Morgan fingerprint density at radius 2 is 2.29 bits per heavy atom. The Kier molecular flexibility index (Phi) is 3.90. The number of benzene rings is 1. The van der Waals surface area contributed by atoms with Crippen molar-refractivity contribution in [2.75, 3.05) is 6.54 Å². The first kappa shape index (κ1) is 15.1. The summed E-state index contributed by atoms with van der Waals surface area (Å²) in [7, 11) is 1.94. The molecule has 1 aliphatic rings. The molecule has 0 amide bonds. The smallest absolute Gasteiger partial charge is 0.226 e. The number of hydrogen-bond acceptors (Lipinski definition) is 4. The van der Waals surface area contributed by atoms with Crippen LogP contribution in [0.3, 0.4) is 0 Å². The summed E-state index contributed by atoms with van der Waals surface area (Å²) < 4.78 is 20.7. The third-order valence-corrected chi connectivity index (χ3v) is 4.46. The molecule has 3 aromatic rings. The standard InChI is InChI=1S/C18H19FN4O/c1-22-10-14(9-20-22)17-6-3-7-23(17)11-16-12-24-18(21-16)13-4-2-5-15(19)8-13/h2,4-5,8-10,12,17H,3,6-7,11H2,1H3/t17-/m1/s1. The molecule has 1 fully saturated rings. The van der Waals surface area contributed by atoms with Gasteiger partial charge in [-0.1, -0.05) is 6.07 Å². The van der Waals surface area contributed by atoms with Gasteiger partial charge in [-0.05, 0) is 37.6 Å². The highest BCUT2D eigenvalue weighted by molar-refractivity contribution is 5.52. The highest BCUT2D eigenvalue weighted by atomic mass is 19.1. The molecule has 0 radical (unpaired) electrons. The van der Waals surface area contributed by atoms with E-state index in [0.29, 0.717) is 17.5 Å². The number of halogens is 1. The summed E-state index contributed by atoms with van der Waals surface area (Å²) >= 11 is 0. The van der Waals surface area contributed by atoms with Crippen molar-refractivity contribution in [2.45, 2.75) is 25.4 Å². The number of nitrogens with zero attached hydrogens (tertiary/aromatic N) is 4. The van der Waals surface area contributed by atoms with Crippen molar-refractivity contribution >= 4 is 0 Å². The Labute approximate surface area is 139 Å². The van der Waals surface area contributed by atoms with Crippen LogP contribution in [0.5, 0.6) is 0 Å². The first-order valence-corrected chi connectivity index (χ1v) is 8.12. The van der Waals surface area contributed by atoms with Gasteiger partial charge in [0.25, 0.3) is 0 Å². The summed E-state index contributed by atoms with van der Waals surface area (Å²) in [5.74, 6) is 0.171. The molecule has 4 rings (SSSR count). The maximum absolute atomic E-state index is 13.3. The molecule has 0 spiro atoms. The van der Waals surface area contributed by atoms with Crippen LogP contribution >= 0.6 is 0 Å². The van der Waals surface area contributed by atoms with E-state index in [4.69, 9.17) is 4.42 Å². The molecule has 6 heteroatoms. The van der Waals surface area contributed by atoms with Gasteiger partial charge in [-0.2, -0.15) is 5.10 Å². The second kappa shape index (κ2) is 6.20. The second-order valence-electron chi connectivity index (χ2n) is 6.23. The van der Waals surface area contributed by atoms with Crippen LogP contribution in [-0.2, 0) is 13.6 Å².